The first-order chi connectivity index (χ1) is 15.4. The molecule has 10 nitrogen and oxygen atoms in total. The molecule has 0 radical (unpaired) electrons. The summed E-state index contributed by atoms with van der Waals surface area (Å²) >= 11 is 0. The van der Waals surface area contributed by atoms with Crippen molar-refractivity contribution < 1.29 is 27.5 Å². The number of hydrogen-bond acceptors (Lipinski definition) is 8. The van der Waals surface area contributed by atoms with Gasteiger partial charge in [0.1, 0.15) is 17.7 Å². The highest BCUT2D eigenvalue weighted by molar-refractivity contribution is 7.89. The third-order valence-electron chi connectivity index (χ3n) is 4.78. The predicted molar refractivity (Wildman–Crippen MR) is 121 cm³/mol. The van der Waals surface area contributed by atoms with Crippen molar-refractivity contribution in [3.05, 3.63) is 41.1 Å². The van der Waals surface area contributed by atoms with Crippen LogP contribution < -0.4 is 11.1 Å². The smallest absolute Gasteiger partial charge is 0.329 e. The maximum atomic E-state index is 12.8. The van der Waals surface area contributed by atoms with Gasteiger partial charge in [-0.15, -0.1) is 0 Å². The quantitative estimate of drug-likeness (QED) is 0.274. The van der Waals surface area contributed by atoms with E-state index >= 15 is 0 Å². The third kappa shape index (κ3) is 7.13. The molecular weight excluding hydrogens is 448 g/mol. The first-order valence-electron chi connectivity index (χ1n) is 10.4. The lowest BCUT2D eigenvalue weighted by Crippen LogP contribution is -2.45. The molecule has 0 aliphatic heterocycles. The monoisotopic (exact) mass is 478 g/mol. The molecule has 33 heavy (non-hydrogen) atoms. The summed E-state index contributed by atoms with van der Waals surface area (Å²) in [7, 11) is -3.77. The third-order valence-corrected chi connectivity index (χ3v) is 6.82. The van der Waals surface area contributed by atoms with Crippen molar-refractivity contribution in [2.75, 3.05) is 19.7 Å². The number of ether oxygens (including phenoxy) is 1. The molecule has 0 aliphatic carbocycles. The van der Waals surface area contributed by atoms with Crippen LogP contribution in [0, 0.1) is 17.2 Å². The van der Waals surface area contributed by atoms with E-state index in [2.05, 4.69) is 5.32 Å². The summed E-state index contributed by atoms with van der Waals surface area (Å²) in [4.78, 5) is 37.2. The number of nitrogens with two attached hydrogens (primary N) is 1. The highest BCUT2D eigenvalue weighted by atomic mass is 32.2. The molecule has 1 aromatic rings. The van der Waals surface area contributed by atoms with Gasteiger partial charge in [-0.2, -0.15) is 9.57 Å². The van der Waals surface area contributed by atoms with E-state index in [1.807, 2.05) is 0 Å². The Labute approximate surface area is 194 Å². The minimum absolute atomic E-state index is 0.00630. The molecule has 0 bridgehead atoms. The number of hydrogen-bond donors (Lipinski definition) is 2. The standard InChI is InChI=1S/C22H30N4O6S/c1-6-26(7-2)33(30,31)17-10-8-9-16(11-17)21(28)25-20(14(3)4)22(29)32-13-19(27)18(12-23)15(5)24/h8-11,14,20H,6-7,13,24H2,1-5H3,(H,25,28). The number of benzene rings is 1. The van der Waals surface area contributed by atoms with Crippen LogP contribution in [0.4, 0.5) is 0 Å². The zero-order valence-electron chi connectivity index (χ0n) is 19.4. The average molecular weight is 479 g/mol. The van der Waals surface area contributed by atoms with E-state index in [4.69, 9.17) is 15.7 Å². The lowest BCUT2D eigenvalue weighted by molar-refractivity contribution is -0.150. The maximum Gasteiger partial charge on any atom is 0.329 e. The maximum absolute atomic E-state index is 12.8. The van der Waals surface area contributed by atoms with Crippen molar-refractivity contribution in [2.45, 2.75) is 45.6 Å². The van der Waals surface area contributed by atoms with E-state index in [1.54, 1.807) is 33.8 Å². The number of ketones is 1. The number of amides is 1. The number of carbonyl (C=O) groups is 3. The number of nitrogens with one attached hydrogen (secondary N) is 1. The van der Waals surface area contributed by atoms with Gasteiger partial charge in [0.05, 0.1) is 4.90 Å². The summed E-state index contributed by atoms with van der Waals surface area (Å²) < 4.78 is 31.7. The molecule has 1 atom stereocenters. The van der Waals surface area contributed by atoms with Crippen LogP contribution in [0.5, 0.6) is 0 Å². The van der Waals surface area contributed by atoms with Gasteiger partial charge in [0, 0.05) is 24.4 Å². The van der Waals surface area contributed by atoms with Gasteiger partial charge in [-0.1, -0.05) is 33.8 Å². The van der Waals surface area contributed by atoms with Crippen LogP contribution in [0.15, 0.2) is 40.4 Å². The molecule has 0 spiro atoms. The van der Waals surface area contributed by atoms with E-state index in [0.717, 1.165) is 0 Å². The van der Waals surface area contributed by atoms with Gasteiger partial charge in [0.2, 0.25) is 15.8 Å². The number of rotatable bonds is 11. The summed E-state index contributed by atoms with van der Waals surface area (Å²) in [5.41, 5.74) is 5.21. The summed E-state index contributed by atoms with van der Waals surface area (Å²) in [6, 6.07) is 6.05. The van der Waals surface area contributed by atoms with Gasteiger partial charge in [0.15, 0.2) is 6.61 Å². The number of nitriles is 1. The van der Waals surface area contributed by atoms with E-state index < -0.39 is 46.2 Å². The first kappa shape index (κ1) is 27.8. The van der Waals surface area contributed by atoms with Crippen LogP contribution in [-0.4, -0.2) is 56.1 Å². The van der Waals surface area contributed by atoms with Crippen molar-refractivity contribution >= 4 is 27.7 Å². The fourth-order valence-corrected chi connectivity index (χ4v) is 4.41. The lowest BCUT2D eigenvalue weighted by atomic mass is 10.0. The van der Waals surface area contributed by atoms with E-state index in [0.29, 0.717) is 0 Å². The number of allylic oxidation sites excluding steroid dienone is 1. The molecule has 0 saturated carbocycles. The van der Waals surface area contributed by atoms with Crippen molar-refractivity contribution in [1.29, 1.82) is 5.26 Å². The van der Waals surface area contributed by atoms with E-state index in [-0.39, 0.29) is 34.8 Å². The summed E-state index contributed by atoms with van der Waals surface area (Å²) in [6.07, 6.45) is 0. The second-order valence-corrected chi connectivity index (χ2v) is 9.45. The van der Waals surface area contributed by atoms with Crippen LogP contribution in [0.25, 0.3) is 0 Å². The van der Waals surface area contributed by atoms with Crippen molar-refractivity contribution in [2.24, 2.45) is 11.7 Å². The molecule has 1 aromatic carbocycles. The Morgan fingerprint density at radius 2 is 1.82 bits per heavy atom. The lowest BCUT2D eigenvalue weighted by Gasteiger charge is -2.21. The van der Waals surface area contributed by atoms with Crippen LogP contribution in [-0.2, 0) is 24.3 Å². The Balaban J connectivity index is 3.03. The van der Waals surface area contributed by atoms with Gasteiger partial charge >= 0.3 is 5.97 Å². The van der Waals surface area contributed by atoms with Crippen molar-refractivity contribution in [1.82, 2.24) is 9.62 Å². The van der Waals surface area contributed by atoms with Crippen molar-refractivity contribution in [3.63, 3.8) is 0 Å². The normalized spacial score (nSPS) is 13.2. The van der Waals surface area contributed by atoms with Crippen LogP contribution in [0.2, 0.25) is 0 Å². The number of sulfonamides is 1. The molecule has 180 valence electrons. The number of nitrogens with zero attached hydrogens (tertiary/aromatic N) is 2. The SMILES string of the molecule is CCN(CC)S(=O)(=O)c1cccc(C(=O)NC(C(=O)OCC(=O)C(C#N)=C(C)N)C(C)C)c1. The number of Topliss-reactive ketones (excluding diaryl/α,β-unsaturated/α-hetero) is 1. The van der Waals surface area contributed by atoms with Crippen LogP contribution in [0.1, 0.15) is 45.0 Å². The average Bonchev–Trinajstić information content (AvgIpc) is 2.76. The Kier molecular flexibility index (Phi) is 10.2. The first-order valence-corrected chi connectivity index (χ1v) is 11.8. The van der Waals surface area contributed by atoms with Crippen LogP contribution in [0.3, 0.4) is 0 Å². The zero-order valence-corrected chi connectivity index (χ0v) is 20.2. The van der Waals surface area contributed by atoms with E-state index in [9.17, 15) is 22.8 Å². The molecule has 1 unspecified atom stereocenters. The van der Waals surface area contributed by atoms with Gasteiger partial charge in [-0.25, -0.2) is 13.2 Å². The van der Waals surface area contributed by atoms with Gasteiger partial charge in [-0.3, -0.25) is 9.59 Å². The van der Waals surface area contributed by atoms with Crippen LogP contribution >= 0.6 is 0 Å². The summed E-state index contributed by atoms with van der Waals surface area (Å²) in [5, 5.41) is 11.5. The van der Waals surface area contributed by atoms with Crippen molar-refractivity contribution in [3.8, 4) is 6.07 Å². The fraction of sp³-hybridized carbons (Fsp3) is 0.455. The molecule has 11 heteroatoms. The Hall–Kier alpha value is -3.23. The molecule has 0 aliphatic rings. The topological polar surface area (TPSA) is 160 Å². The minimum atomic E-state index is -3.77. The molecule has 0 heterocycles. The van der Waals surface area contributed by atoms with E-state index in [1.165, 1.54) is 35.5 Å². The second kappa shape index (κ2) is 12.1. The molecule has 3 N–H and O–H groups in total. The molecule has 1 rings (SSSR count). The molecule has 0 aromatic heterocycles. The number of esters is 1. The molecular formula is C22H30N4O6S. The Bertz CT molecular complexity index is 1060. The molecule has 1 amide bonds. The van der Waals surface area contributed by atoms with Gasteiger partial charge in [0.25, 0.3) is 5.91 Å². The summed E-state index contributed by atoms with van der Waals surface area (Å²) in [5.74, 6) is -2.70. The largest absolute Gasteiger partial charge is 0.456 e. The highest BCUT2D eigenvalue weighted by Gasteiger charge is 2.28. The van der Waals surface area contributed by atoms with Gasteiger partial charge in [-0.05, 0) is 31.0 Å². The second-order valence-electron chi connectivity index (χ2n) is 7.51. The molecule has 0 saturated heterocycles. The Morgan fingerprint density at radius 3 is 2.30 bits per heavy atom. The molecule has 0 fully saturated rings. The Morgan fingerprint density at radius 1 is 1.21 bits per heavy atom. The highest BCUT2D eigenvalue weighted by Crippen LogP contribution is 2.17. The fourth-order valence-electron chi connectivity index (χ4n) is 2.90. The summed E-state index contributed by atoms with van der Waals surface area (Å²) in [6.45, 7) is 8.00. The minimum Gasteiger partial charge on any atom is -0.456 e. The predicted octanol–water partition coefficient (Wildman–Crippen LogP) is 1.34. The van der Waals surface area contributed by atoms with Gasteiger partial charge < -0.3 is 15.8 Å². The number of carbonyl (C=O) groups excluding carboxylic acids is 3. The zero-order chi connectivity index (χ0) is 25.3.